The number of hydrogen-bond acceptors (Lipinski definition) is 5. The Bertz CT molecular complexity index is 772. The third-order valence-electron chi connectivity index (χ3n) is 4.36. The number of nitriles is 1. The van der Waals surface area contributed by atoms with Gasteiger partial charge in [0.15, 0.2) is 0 Å². The first-order valence-electron chi connectivity index (χ1n) is 8.35. The van der Waals surface area contributed by atoms with E-state index in [4.69, 9.17) is 0 Å². The molecule has 0 aliphatic heterocycles. The van der Waals surface area contributed by atoms with Crippen LogP contribution in [0.25, 0.3) is 11.4 Å². The molecule has 0 unspecified atom stereocenters. The van der Waals surface area contributed by atoms with Gasteiger partial charge in [0, 0.05) is 5.56 Å². The summed E-state index contributed by atoms with van der Waals surface area (Å²) in [4.78, 5) is 13.4. The number of hydrogen-bond donors (Lipinski definition) is 1. The van der Waals surface area contributed by atoms with E-state index in [1.165, 1.54) is 10.4 Å². The van der Waals surface area contributed by atoms with E-state index in [1.54, 1.807) is 6.92 Å². The highest BCUT2D eigenvalue weighted by atomic mass is 16.2. The van der Waals surface area contributed by atoms with E-state index in [2.05, 4.69) is 40.6 Å². The molecule has 0 aliphatic carbocycles. The predicted octanol–water partition coefficient (Wildman–Crippen LogP) is 2.52. The number of aromatic nitrogens is 4. The molecule has 1 atom stereocenters. The van der Waals surface area contributed by atoms with E-state index < -0.39 is 5.54 Å². The van der Waals surface area contributed by atoms with E-state index in [9.17, 15) is 10.1 Å². The van der Waals surface area contributed by atoms with Crippen molar-refractivity contribution < 1.29 is 4.79 Å². The summed E-state index contributed by atoms with van der Waals surface area (Å²) >= 11 is 0. The second kappa shape index (κ2) is 7.43. The van der Waals surface area contributed by atoms with Crippen LogP contribution >= 0.6 is 0 Å². The number of tetrazole rings is 1. The molecule has 1 aromatic heterocycles. The smallest absolute Gasteiger partial charge is 0.244 e. The van der Waals surface area contributed by atoms with E-state index in [0.29, 0.717) is 11.7 Å². The van der Waals surface area contributed by atoms with Crippen molar-refractivity contribution in [2.45, 2.75) is 52.6 Å². The zero-order chi connectivity index (χ0) is 18.6. The molecule has 1 aromatic carbocycles. The molecule has 132 valence electrons. The third kappa shape index (κ3) is 4.41. The minimum absolute atomic E-state index is 0.0137. The van der Waals surface area contributed by atoms with Crippen LogP contribution in [0, 0.1) is 17.2 Å². The van der Waals surface area contributed by atoms with Crippen LogP contribution in [0.4, 0.5) is 0 Å². The van der Waals surface area contributed by atoms with Gasteiger partial charge in [-0.05, 0) is 29.5 Å². The molecule has 0 spiro atoms. The van der Waals surface area contributed by atoms with Crippen molar-refractivity contribution >= 4 is 5.91 Å². The maximum absolute atomic E-state index is 12.2. The lowest BCUT2D eigenvalue weighted by molar-refractivity contribution is -0.123. The van der Waals surface area contributed by atoms with Crippen LogP contribution in [0.2, 0.25) is 0 Å². The molecule has 0 saturated heterocycles. The van der Waals surface area contributed by atoms with Crippen LogP contribution < -0.4 is 5.32 Å². The Hall–Kier alpha value is -2.75. The molecule has 0 bridgehead atoms. The summed E-state index contributed by atoms with van der Waals surface area (Å²) in [6, 6.07) is 10.1. The zero-order valence-corrected chi connectivity index (χ0v) is 15.3. The summed E-state index contributed by atoms with van der Waals surface area (Å²) in [5.41, 5.74) is 1.16. The van der Waals surface area contributed by atoms with Crippen LogP contribution in [-0.4, -0.2) is 31.7 Å². The molecule has 25 heavy (non-hydrogen) atoms. The fourth-order valence-corrected chi connectivity index (χ4v) is 2.20. The number of benzene rings is 1. The highest BCUT2D eigenvalue weighted by molar-refractivity contribution is 5.77. The van der Waals surface area contributed by atoms with Crippen LogP contribution in [0.5, 0.6) is 0 Å². The lowest BCUT2D eigenvalue weighted by atomic mass is 9.90. The first-order chi connectivity index (χ1) is 11.7. The lowest BCUT2D eigenvalue weighted by Crippen LogP contribution is -2.50. The Morgan fingerprint density at radius 2 is 1.92 bits per heavy atom. The van der Waals surface area contributed by atoms with Crippen molar-refractivity contribution in [2.24, 2.45) is 5.92 Å². The predicted molar refractivity (Wildman–Crippen MR) is 94.3 cm³/mol. The lowest BCUT2D eigenvalue weighted by Gasteiger charge is -2.27. The molecule has 0 aliphatic rings. The average molecular weight is 340 g/mol. The maximum atomic E-state index is 12.2. The fraction of sp³-hybridized carbons (Fsp3) is 0.500. The Labute approximate surface area is 148 Å². The van der Waals surface area contributed by atoms with Gasteiger partial charge in [0.05, 0.1) is 6.07 Å². The van der Waals surface area contributed by atoms with Crippen LogP contribution in [-0.2, 0) is 11.3 Å². The molecule has 0 fully saturated rings. The van der Waals surface area contributed by atoms with E-state index in [-0.39, 0.29) is 18.4 Å². The van der Waals surface area contributed by atoms with Gasteiger partial charge in [0.1, 0.15) is 12.1 Å². The molecule has 2 aromatic rings. The maximum Gasteiger partial charge on any atom is 0.244 e. The fourth-order valence-electron chi connectivity index (χ4n) is 2.20. The summed E-state index contributed by atoms with van der Waals surface area (Å²) in [6.45, 7) is 9.65. The van der Waals surface area contributed by atoms with Gasteiger partial charge in [-0.2, -0.15) is 10.1 Å². The van der Waals surface area contributed by atoms with Crippen molar-refractivity contribution in [1.82, 2.24) is 25.5 Å². The first kappa shape index (κ1) is 18.6. The van der Waals surface area contributed by atoms with Crippen molar-refractivity contribution in [1.29, 1.82) is 5.26 Å². The second-order valence-electron chi connectivity index (χ2n) is 6.94. The molecule has 1 amide bonds. The van der Waals surface area contributed by atoms with Crippen molar-refractivity contribution in [3.63, 3.8) is 0 Å². The summed E-state index contributed by atoms with van der Waals surface area (Å²) < 4.78 is 0. The largest absolute Gasteiger partial charge is 0.336 e. The number of nitrogens with zero attached hydrogens (tertiary/aromatic N) is 5. The molecule has 7 heteroatoms. The van der Waals surface area contributed by atoms with E-state index in [0.717, 1.165) is 5.56 Å². The molecule has 1 heterocycles. The Morgan fingerprint density at radius 3 is 2.44 bits per heavy atom. The number of amides is 1. The van der Waals surface area contributed by atoms with E-state index >= 15 is 0 Å². The summed E-state index contributed by atoms with van der Waals surface area (Å²) in [7, 11) is 0. The SMILES string of the molecule is CC(C)c1ccc(-c2nnn(CC(=O)N[C@](C)(C#N)C(C)C)n2)cc1. The first-order valence-corrected chi connectivity index (χ1v) is 8.35. The van der Waals surface area contributed by atoms with Gasteiger partial charge < -0.3 is 5.32 Å². The highest BCUT2D eigenvalue weighted by Crippen LogP contribution is 2.19. The summed E-state index contributed by atoms with van der Waals surface area (Å²) in [5, 5.41) is 24.2. The molecular weight excluding hydrogens is 316 g/mol. The van der Waals surface area contributed by atoms with Crippen LogP contribution in [0.3, 0.4) is 0 Å². The average Bonchev–Trinajstić information content (AvgIpc) is 3.02. The molecule has 0 radical (unpaired) electrons. The molecule has 1 N–H and O–H groups in total. The van der Waals surface area contributed by atoms with Crippen molar-refractivity contribution in [3.05, 3.63) is 29.8 Å². The summed E-state index contributed by atoms with van der Waals surface area (Å²) in [6.07, 6.45) is 0. The summed E-state index contributed by atoms with van der Waals surface area (Å²) in [5.74, 6) is 0.587. The van der Waals surface area contributed by atoms with Crippen LogP contribution in [0.1, 0.15) is 46.1 Å². The van der Waals surface area contributed by atoms with Gasteiger partial charge in [-0.3, -0.25) is 4.79 Å². The number of nitrogens with one attached hydrogen (secondary N) is 1. The molecule has 7 nitrogen and oxygen atoms in total. The van der Waals surface area contributed by atoms with Gasteiger partial charge in [0.2, 0.25) is 11.7 Å². The number of carbonyl (C=O) groups is 1. The third-order valence-corrected chi connectivity index (χ3v) is 4.36. The minimum atomic E-state index is -0.923. The van der Waals surface area contributed by atoms with Crippen molar-refractivity contribution in [2.75, 3.05) is 0 Å². The Morgan fingerprint density at radius 1 is 1.28 bits per heavy atom. The number of carbonyl (C=O) groups excluding carboxylic acids is 1. The minimum Gasteiger partial charge on any atom is -0.336 e. The van der Waals surface area contributed by atoms with Gasteiger partial charge >= 0.3 is 0 Å². The Balaban J connectivity index is 2.06. The topological polar surface area (TPSA) is 96.5 Å². The normalized spacial score (nSPS) is 13.5. The van der Waals surface area contributed by atoms with Crippen LogP contribution in [0.15, 0.2) is 24.3 Å². The molecule has 2 rings (SSSR count). The number of rotatable bonds is 6. The monoisotopic (exact) mass is 340 g/mol. The second-order valence-corrected chi connectivity index (χ2v) is 6.94. The van der Waals surface area contributed by atoms with Gasteiger partial charge in [-0.1, -0.05) is 52.0 Å². The molecule has 0 saturated carbocycles. The quantitative estimate of drug-likeness (QED) is 0.871. The molecular formula is C18H24N6O. The zero-order valence-electron chi connectivity index (χ0n) is 15.3. The van der Waals surface area contributed by atoms with Gasteiger partial charge in [-0.15, -0.1) is 10.2 Å². The van der Waals surface area contributed by atoms with Gasteiger partial charge in [-0.25, -0.2) is 0 Å². The van der Waals surface area contributed by atoms with Gasteiger partial charge in [0.25, 0.3) is 0 Å². The van der Waals surface area contributed by atoms with E-state index in [1.807, 2.05) is 38.1 Å². The Kier molecular flexibility index (Phi) is 5.52. The highest BCUT2D eigenvalue weighted by Gasteiger charge is 2.30. The standard InChI is InChI=1S/C18H24N6O/c1-12(2)14-6-8-15(9-7-14)17-21-23-24(22-17)10-16(25)20-18(5,11-19)13(3)4/h6-9,12-13H,10H2,1-5H3,(H,20,25)/t18-/m1/s1. The van der Waals surface area contributed by atoms with Crippen molar-refractivity contribution in [3.8, 4) is 17.5 Å².